The van der Waals surface area contributed by atoms with Crippen molar-refractivity contribution in [2.45, 2.75) is 6.42 Å². The van der Waals surface area contributed by atoms with Gasteiger partial charge in [0.05, 0.1) is 20.6 Å². The quantitative estimate of drug-likeness (QED) is 0.881. The molecule has 0 spiro atoms. The highest BCUT2D eigenvalue weighted by atomic mass is 16.5. The highest BCUT2D eigenvalue weighted by molar-refractivity contribution is 5.95. The van der Waals surface area contributed by atoms with Gasteiger partial charge < -0.3 is 24.3 Å². The van der Waals surface area contributed by atoms with Gasteiger partial charge in [-0.15, -0.1) is 0 Å². The molecule has 1 N–H and O–H groups in total. The second kappa shape index (κ2) is 7.95. The van der Waals surface area contributed by atoms with Crippen LogP contribution in [-0.2, 0) is 11.2 Å². The molecule has 0 aliphatic carbocycles. The number of piperazine rings is 1. The molecule has 1 saturated heterocycles. The van der Waals surface area contributed by atoms with Crippen molar-refractivity contribution in [3.8, 4) is 11.5 Å². The maximum absolute atomic E-state index is 12.7. The van der Waals surface area contributed by atoms with E-state index >= 15 is 0 Å². The molecule has 1 fully saturated rings. The van der Waals surface area contributed by atoms with Gasteiger partial charge >= 0.3 is 0 Å². The van der Waals surface area contributed by atoms with Gasteiger partial charge in [-0.2, -0.15) is 0 Å². The van der Waals surface area contributed by atoms with Gasteiger partial charge in [-0.3, -0.25) is 9.59 Å². The fourth-order valence-corrected chi connectivity index (χ4v) is 3.06. The van der Waals surface area contributed by atoms with E-state index in [1.165, 1.54) is 0 Å². The Labute approximate surface area is 152 Å². The van der Waals surface area contributed by atoms with Crippen LogP contribution in [0.15, 0.2) is 36.5 Å². The molecule has 7 heteroatoms. The number of carbonyl (C=O) groups excluding carboxylic acids is 2. The number of carbonyl (C=O) groups is 2. The number of aromatic amines is 1. The van der Waals surface area contributed by atoms with Gasteiger partial charge in [0.25, 0.3) is 5.91 Å². The molecule has 1 aromatic carbocycles. The summed E-state index contributed by atoms with van der Waals surface area (Å²) in [7, 11) is 3.10. The number of ether oxygens (including phenoxy) is 2. The van der Waals surface area contributed by atoms with Gasteiger partial charge in [0.1, 0.15) is 0 Å². The van der Waals surface area contributed by atoms with Crippen LogP contribution >= 0.6 is 0 Å². The second-order valence-corrected chi connectivity index (χ2v) is 6.11. The fourth-order valence-electron chi connectivity index (χ4n) is 3.06. The van der Waals surface area contributed by atoms with E-state index in [9.17, 15) is 9.59 Å². The Morgan fingerprint density at radius 2 is 1.69 bits per heavy atom. The predicted molar refractivity (Wildman–Crippen MR) is 96.5 cm³/mol. The third-order valence-electron chi connectivity index (χ3n) is 4.55. The summed E-state index contributed by atoms with van der Waals surface area (Å²) in [4.78, 5) is 31.7. The fraction of sp³-hybridized carbons (Fsp3) is 0.368. The van der Waals surface area contributed by atoms with E-state index in [4.69, 9.17) is 9.47 Å². The van der Waals surface area contributed by atoms with Crippen LogP contribution in [0, 0.1) is 0 Å². The average Bonchev–Trinajstić information content (AvgIpc) is 3.20. The minimum Gasteiger partial charge on any atom is -0.493 e. The molecule has 3 rings (SSSR count). The van der Waals surface area contributed by atoms with Gasteiger partial charge in [0.15, 0.2) is 11.5 Å². The number of methoxy groups -OCH3 is 2. The van der Waals surface area contributed by atoms with Crippen molar-refractivity contribution in [3.05, 3.63) is 47.8 Å². The smallest absolute Gasteiger partial charge is 0.254 e. The van der Waals surface area contributed by atoms with E-state index < -0.39 is 0 Å². The Bertz CT molecular complexity index is 765. The molecule has 7 nitrogen and oxygen atoms in total. The monoisotopic (exact) mass is 357 g/mol. The summed E-state index contributed by atoms with van der Waals surface area (Å²) in [6.07, 6.45) is 2.17. The van der Waals surface area contributed by atoms with Crippen LogP contribution in [-0.4, -0.2) is 67.0 Å². The first-order valence-corrected chi connectivity index (χ1v) is 8.53. The van der Waals surface area contributed by atoms with E-state index in [1.54, 1.807) is 42.2 Å². The van der Waals surface area contributed by atoms with Gasteiger partial charge in [-0.05, 0) is 30.3 Å². The predicted octanol–water partition coefficient (Wildman–Crippen LogP) is 1.56. The van der Waals surface area contributed by atoms with Crippen molar-refractivity contribution >= 4 is 11.8 Å². The molecule has 1 aliphatic rings. The second-order valence-electron chi connectivity index (χ2n) is 6.11. The summed E-state index contributed by atoms with van der Waals surface area (Å²) >= 11 is 0. The number of nitrogens with one attached hydrogen (secondary N) is 1. The van der Waals surface area contributed by atoms with Crippen molar-refractivity contribution in [3.63, 3.8) is 0 Å². The Kier molecular flexibility index (Phi) is 5.46. The minimum atomic E-state index is -0.0672. The zero-order valence-corrected chi connectivity index (χ0v) is 15.0. The number of H-pyrrole nitrogens is 1. The Morgan fingerprint density at radius 3 is 2.31 bits per heavy atom. The number of amides is 2. The molecule has 0 bridgehead atoms. The Balaban J connectivity index is 1.59. The van der Waals surface area contributed by atoms with Crippen molar-refractivity contribution in [1.82, 2.24) is 14.8 Å². The van der Waals surface area contributed by atoms with Gasteiger partial charge in [0.2, 0.25) is 5.91 Å². The van der Waals surface area contributed by atoms with Crippen LogP contribution in [0.1, 0.15) is 16.1 Å². The summed E-state index contributed by atoms with van der Waals surface area (Å²) in [5, 5.41) is 0. The van der Waals surface area contributed by atoms with Crippen LogP contribution in [0.25, 0.3) is 0 Å². The molecule has 0 saturated carbocycles. The number of hydrogen-bond acceptors (Lipinski definition) is 4. The molecule has 0 radical (unpaired) electrons. The van der Waals surface area contributed by atoms with Crippen LogP contribution in [0.4, 0.5) is 0 Å². The molecular weight excluding hydrogens is 334 g/mol. The van der Waals surface area contributed by atoms with E-state index in [0.717, 1.165) is 5.69 Å². The number of rotatable bonds is 5. The third kappa shape index (κ3) is 3.82. The number of hydrogen-bond donors (Lipinski definition) is 1. The van der Waals surface area contributed by atoms with E-state index in [-0.39, 0.29) is 11.8 Å². The van der Waals surface area contributed by atoms with Crippen molar-refractivity contribution in [1.29, 1.82) is 0 Å². The summed E-state index contributed by atoms with van der Waals surface area (Å²) in [5.41, 5.74) is 1.45. The SMILES string of the molecule is COc1ccc(C(=O)N2CCN(C(=O)Cc3ccc[nH]3)CC2)cc1OC. The topological polar surface area (TPSA) is 74.9 Å². The molecule has 2 amide bonds. The number of aromatic nitrogens is 1. The summed E-state index contributed by atoms with van der Waals surface area (Å²) in [6, 6.07) is 8.91. The first-order chi connectivity index (χ1) is 12.6. The van der Waals surface area contributed by atoms with Crippen molar-refractivity contribution in [2.75, 3.05) is 40.4 Å². The molecule has 0 atom stereocenters. The molecule has 2 aromatic rings. The first-order valence-electron chi connectivity index (χ1n) is 8.53. The lowest BCUT2D eigenvalue weighted by molar-refractivity contribution is -0.132. The highest BCUT2D eigenvalue weighted by Gasteiger charge is 2.25. The molecular formula is C19H23N3O4. The molecule has 1 aliphatic heterocycles. The van der Waals surface area contributed by atoms with Gasteiger partial charge in [-0.1, -0.05) is 0 Å². The van der Waals surface area contributed by atoms with Crippen LogP contribution in [0.5, 0.6) is 11.5 Å². The lowest BCUT2D eigenvalue weighted by Crippen LogP contribution is -2.51. The lowest BCUT2D eigenvalue weighted by atomic mass is 10.1. The van der Waals surface area contributed by atoms with Crippen LogP contribution in [0.3, 0.4) is 0 Å². The maximum atomic E-state index is 12.7. The van der Waals surface area contributed by atoms with Gasteiger partial charge in [-0.25, -0.2) is 0 Å². The summed E-state index contributed by atoms with van der Waals surface area (Å²) < 4.78 is 10.5. The minimum absolute atomic E-state index is 0.0672. The molecule has 26 heavy (non-hydrogen) atoms. The van der Waals surface area contributed by atoms with Crippen LogP contribution < -0.4 is 9.47 Å². The van der Waals surface area contributed by atoms with Gasteiger partial charge in [0, 0.05) is 43.6 Å². The zero-order chi connectivity index (χ0) is 18.5. The summed E-state index contributed by atoms with van der Waals surface area (Å²) in [6.45, 7) is 2.12. The molecule has 0 unspecified atom stereocenters. The number of nitrogens with zero attached hydrogens (tertiary/aromatic N) is 2. The molecule has 138 valence electrons. The largest absolute Gasteiger partial charge is 0.493 e. The third-order valence-corrected chi connectivity index (χ3v) is 4.55. The Hall–Kier alpha value is -2.96. The standard InChI is InChI=1S/C19H23N3O4/c1-25-16-6-5-14(12-17(16)26-2)19(24)22-10-8-21(9-11-22)18(23)13-15-4-3-7-20-15/h3-7,12,20H,8-11,13H2,1-2H3. The van der Waals surface area contributed by atoms with Crippen molar-refractivity contribution in [2.24, 2.45) is 0 Å². The van der Waals surface area contributed by atoms with E-state index in [1.807, 2.05) is 18.3 Å². The Morgan fingerprint density at radius 1 is 1.00 bits per heavy atom. The van der Waals surface area contributed by atoms with E-state index in [2.05, 4.69) is 4.98 Å². The normalized spacial score (nSPS) is 14.2. The van der Waals surface area contributed by atoms with Crippen LogP contribution in [0.2, 0.25) is 0 Å². The molecule has 1 aromatic heterocycles. The molecule has 2 heterocycles. The first kappa shape index (κ1) is 17.8. The lowest BCUT2D eigenvalue weighted by Gasteiger charge is -2.35. The summed E-state index contributed by atoms with van der Waals surface area (Å²) in [5.74, 6) is 1.12. The maximum Gasteiger partial charge on any atom is 0.254 e. The average molecular weight is 357 g/mol. The highest BCUT2D eigenvalue weighted by Crippen LogP contribution is 2.28. The zero-order valence-electron chi connectivity index (χ0n) is 15.0. The van der Waals surface area contributed by atoms with Crippen molar-refractivity contribution < 1.29 is 19.1 Å². The van der Waals surface area contributed by atoms with E-state index in [0.29, 0.717) is 49.7 Å². The number of benzene rings is 1.